The van der Waals surface area contributed by atoms with Gasteiger partial charge in [-0.3, -0.25) is 10.2 Å². The molecule has 0 bridgehead atoms. The van der Waals surface area contributed by atoms with E-state index in [2.05, 4.69) is 17.1 Å². The Kier molecular flexibility index (Phi) is 4.76. The molecule has 0 saturated carbocycles. The molecule has 1 aliphatic rings. The maximum Gasteiger partial charge on any atom is 0.129 e. The molecule has 2 N–H and O–H groups in total. The van der Waals surface area contributed by atoms with Gasteiger partial charge in [0.1, 0.15) is 5.75 Å². The summed E-state index contributed by atoms with van der Waals surface area (Å²) in [5.74, 6) is 0.398. The molecule has 0 amide bonds. The zero-order valence-corrected chi connectivity index (χ0v) is 13.1. The summed E-state index contributed by atoms with van der Waals surface area (Å²) in [6.45, 7) is 5.30. The van der Waals surface area contributed by atoms with Gasteiger partial charge in [-0.25, -0.2) is 0 Å². The van der Waals surface area contributed by atoms with Gasteiger partial charge in [-0.05, 0) is 18.5 Å². The van der Waals surface area contributed by atoms with E-state index in [1.54, 1.807) is 0 Å². The second kappa shape index (κ2) is 6.95. The third-order valence-electron chi connectivity index (χ3n) is 4.35. The molecule has 2 aromatic carbocycles. The summed E-state index contributed by atoms with van der Waals surface area (Å²) >= 11 is 0. The van der Waals surface area contributed by atoms with E-state index in [0.29, 0.717) is 5.75 Å². The standard InChI is InChI=1S/C19H24N2O/c1-2-3-13-21-14-12-20-19(21)17-11-7-10-16(18(17)22)15-8-5-4-6-9-15/h4-11,19-20,22H,2-3,12-14H2,1H3. The van der Waals surface area contributed by atoms with Crippen LogP contribution in [0.5, 0.6) is 5.75 Å². The van der Waals surface area contributed by atoms with E-state index in [9.17, 15) is 5.11 Å². The minimum Gasteiger partial charge on any atom is -0.507 e. The number of phenols is 1. The number of rotatable bonds is 5. The van der Waals surface area contributed by atoms with Crippen LogP contribution in [0.1, 0.15) is 31.5 Å². The van der Waals surface area contributed by atoms with Crippen molar-refractivity contribution >= 4 is 0 Å². The zero-order chi connectivity index (χ0) is 15.4. The third kappa shape index (κ3) is 3.01. The van der Waals surface area contributed by atoms with E-state index in [1.807, 2.05) is 48.5 Å². The molecule has 0 aromatic heterocycles. The fraction of sp³-hybridized carbons (Fsp3) is 0.368. The lowest BCUT2D eigenvalue weighted by Crippen LogP contribution is -2.28. The van der Waals surface area contributed by atoms with Crippen LogP contribution in [-0.4, -0.2) is 29.6 Å². The molecular formula is C19H24N2O. The Bertz CT molecular complexity index is 612. The van der Waals surface area contributed by atoms with E-state index in [0.717, 1.165) is 36.3 Å². The molecule has 1 unspecified atom stereocenters. The van der Waals surface area contributed by atoms with Crippen LogP contribution < -0.4 is 5.32 Å². The van der Waals surface area contributed by atoms with Crippen molar-refractivity contribution in [2.45, 2.75) is 25.9 Å². The number of phenolic OH excluding ortho intramolecular Hbond substituents is 1. The number of aromatic hydroxyl groups is 1. The zero-order valence-electron chi connectivity index (χ0n) is 13.1. The van der Waals surface area contributed by atoms with E-state index >= 15 is 0 Å². The Hall–Kier alpha value is -1.84. The molecule has 0 spiro atoms. The third-order valence-corrected chi connectivity index (χ3v) is 4.35. The largest absolute Gasteiger partial charge is 0.507 e. The van der Waals surface area contributed by atoms with Crippen molar-refractivity contribution < 1.29 is 5.11 Å². The lowest BCUT2D eigenvalue weighted by molar-refractivity contribution is 0.237. The van der Waals surface area contributed by atoms with Crippen molar-refractivity contribution in [2.24, 2.45) is 0 Å². The summed E-state index contributed by atoms with van der Waals surface area (Å²) in [4.78, 5) is 2.42. The Morgan fingerprint density at radius 2 is 1.95 bits per heavy atom. The van der Waals surface area contributed by atoms with Crippen LogP contribution in [0.4, 0.5) is 0 Å². The first-order valence-electron chi connectivity index (χ1n) is 8.16. The average Bonchev–Trinajstić information content (AvgIpc) is 3.02. The van der Waals surface area contributed by atoms with Crippen LogP contribution in [0.25, 0.3) is 11.1 Å². The average molecular weight is 296 g/mol. The lowest BCUT2D eigenvalue weighted by atomic mass is 10.00. The van der Waals surface area contributed by atoms with Gasteiger partial charge in [-0.15, -0.1) is 0 Å². The summed E-state index contributed by atoms with van der Waals surface area (Å²) < 4.78 is 0. The predicted molar refractivity (Wildman–Crippen MR) is 90.8 cm³/mol. The van der Waals surface area contributed by atoms with Gasteiger partial charge in [0.05, 0.1) is 6.17 Å². The second-order valence-electron chi connectivity index (χ2n) is 5.86. The van der Waals surface area contributed by atoms with Gasteiger partial charge in [-0.2, -0.15) is 0 Å². The Morgan fingerprint density at radius 3 is 2.73 bits per heavy atom. The van der Waals surface area contributed by atoms with Gasteiger partial charge in [0, 0.05) is 24.2 Å². The van der Waals surface area contributed by atoms with Crippen LogP contribution in [0.2, 0.25) is 0 Å². The number of nitrogens with zero attached hydrogens (tertiary/aromatic N) is 1. The van der Waals surface area contributed by atoms with Crippen LogP contribution in [0, 0.1) is 0 Å². The van der Waals surface area contributed by atoms with Crippen molar-refractivity contribution in [3.63, 3.8) is 0 Å². The molecule has 0 radical (unpaired) electrons. The monoisotopic (exact) mass is 296 g/mol. The molecular weight excluding hydrogens is 272 g/mol. The molecule has 116 valence electrons. The quantitative estimate of drug-likeness (QED) is 0.882. The fourth-order valence-electron chi connectivity index (χ4n) is 3.14. The maximum atomic E-state index is 10.8. The highest BCUT2D eigenvalue weighted by Gasteiger charge is 2.27. The molecule has 1 atom stereocenters. The Balaban J connectivity index is 1.91. The molecule has 3 rings (SSSR count). The Labute approximate surface area is 132 Å². The fourth-order valence-corrected chi connectivity index (χ4v) is 3.14. The normalized spacial score (nSPS) is 18.7. The number of para-hydroxylation sites is 1. The van der Waals surface area contributed by atoms with Crippen LogP contribution >= 0.6 is 0 Å². The summed E-state index contributed by atoms with van der Waals surface area (Å²) in [6.07, 6.45) is 2.51. The smallest absolute Gasteiger partial charge is 0.129 e. The number of hydrogen-bond donors (Lipinski definition) is 2. The van der Waals surface area contributed by atoms with E-state index < -0.39 is 0 Å². The predicted octanol–water partition coefficient (Wildman–Crippen LogP) is 3.76. The number of nitrogens with one attached hydrogen (secondary N) is 1. The van der Waals surface area contributed by atoms with Gasteiger partial charge in [-0.1, -0.05) is 61.9 Å². The maximum absolute atomic E-state index is 10.8. The van der Waals surface area contributed by atoms with Gasteiger partial charge in [0.2, 0.25) is 0 Å². The van der Waals surface area contributed by atoms with Gasteiger partial charge in [0.15, 0.2) is 0 Å². The molecule has 22 heavy (non-hydrogen) atoms. The number of benzene rings is 2. The highest BCUT2D eigenvalue weighted by atomic mass is 16.3. The van der Waals surface area contributed by atoms with Gasteiger partial charge in [0.25, 0.3) is 0 Å². The minimum absolute atomic E-state index is 0.121. The van der Waals surface area contributed by atoms with Crippen LogP contribution in [0.15, 0.2) is 48.5 Å². The first-order chi connectivity index (χ1) is 10.8. The van der Waals surface area contributed by atoms with E-state index in [1.165, 1.54) is 12.8 Å². The highest BCUT2D eigenvalue weighted by Crippen LogP contribution is 2.37. The van der Waals surface area contributed by atoms with Crippen LogP contribution in [-0.2, 0) is 0 Å². The van der Waals surface area contributed by atoms with Crippen molar-refractivity contribution in [3.8, 4) is 16.9 Å². The molecule has 1 fully saturated rings. The lowest BCUT2D eigenvalue weighted by Gasteiger charge is -2.25. The highest BCUT2D eigenvalue weighted by molar-refractivity contribution is 5.71. The number of hydrogen-bond acceptors (Lipinski definition) is 3. The molecule has 1 aliphatic heterocycles. The summed E-state index contributed by atoms with van der Waals surface area (Å²) in [5, 5.41) is 14.3. The number of unbranched alkanes of at least 4 members (excludes halogenated alkanes) is 1. The van der Waals surface area contributed by atoms with E-state index in [-0.39, 0.29) is 6.17 Å². The van der Waals surface area contributed by atoms with Crippen molar-refractivity contribution in [2.75, 3.05) is 19.6 Å². The summed E-state index contributed by atoms with van der Waals surface area (Å²) in [7, 11) is 0. The summed E-state index contributed by atoms with van der Waals surface area (Å²) in [6, 6.07) is 16.1. The summed E-state index contributed by atoms with van der Waals surface area (Å²) in [5.41, 5.74) is 2.94. The molecule has 3 heteroatoms. The minimum atomic E-state index is 0.121. The van der Waals surface area contributed by atoms with Crippen LogP contribution in [0.3, 0.4) is 0 Å². The van der Waals surface area contributed by atoms with Gasteiger partial charge < -0.3 is 5.11 Å². The Morgan fingerprint density at radius 1 is 1.14 bits per heavy atom. The van der Waals surface area contributed by atoms with Crippen molar-refractivity contribution in [3.05, 3.63) is 54.1 Å². The molecule has 2 aromatic rings. The second-order valence-corrected chi connectivity index (χ2v) is 5.86. The van der Waals surface area contributed by atoms with Crippen molar-refractivity contribution in [1.82, 2.24) is 10.2 Å². The SMILES string of the molecule is CCCCN1CCNC1c1cccc(-c2ccccc2)c1O. The molecule has 1 saturated heterocycles. The topological polar surface area (TPSA) is 35.5 Å². The molecule has 3 nitrogen and oxygen atoms in total. The van der Waals surface area contributed by atoms with E-state index in [4.69, 9.17) is 0 Å². The molecule has 0 aliphatic carbocycles. The first-order valence-corrected chi connectivity index (χ1v) is 8.16. The van der Waals surface area contributed by atoms with Gasteiger partial charge >= 0.3 is 0 Å². The molecule has 1 heterocycles. The first kappa shape index (κ1) is 15.1. The van der Waals surface area contributed by atoms with Crippen molar-refractivity contribution in [1.29, 1.82) is 0 Å².